The number of thioether (sulfide) groups is 1. The molecule has 14 heteroatoms. The average molecular weight is 733 g/mol. The predicted octanol–water partition coefficient (Wildman–Crippen LogP) is 7.62. The number of carbonyl (C=O) groups is 1. The molecule has 1 aromatic heterocycles. The lowest BCUT2D eigenvalue weighted by molar-refractivity contribution is -0.119. The average Bonchev–Trinajstić information content (AvgIpc) is 3.02. The summed E-state index contributed by atoms with van der Waals surface area (Å²) >= 11 is 13.5. The topological polar surface area (TPSA) is 126 Å². The maximum atomic E-state index is 13.0. The molecule has 4 rings (SSSR count). The first-order chi connectivity index (χ1) is 22.6. The van der Waals surface area contributed by atoms with Crippen LogP contribution in [0.2, 0.25) is 5.02 Å². The van der Waals surface area contributed by atoms with E-state index < -0.39 is 15.1 Å². The number of likely N-dealkylation sites (tertiary alicyclic amines) is 1. The molecule has 1 aliphatic heterocycles. The van der Waals surface area contributed by atoms with Crippen molar-refractivity contribution in [3.8, 4) is 5.75 Å². The van der Waals surface area contributed by atoms with Crippen LogP contribution in [-0.2, 0) is 14.6 Å². The standard InChI is InChI=1S/C34H45ClN6O4S3/c1-20(2)37-31(42)19-47-34(46)41-14-12-24(13-15-41)25-17-29(45-21(3)4)28(16-23(25)7)39-33-36-18-26(35)32(40-33)38-27-10-8-9-11-30(27)48(43,44)22(5)6/h8-11,16-18,20-22,24H,12-15,19H2,1-7H3,(H,37,42)(H2,36,38,39,40). The van der Waals surface area contributed by atoms with Gasteiger partial charge in [-0.2, -0.15) is 4.98 Å². The first-order valence-electron chi connectivity index (χ1n) is 16.1. The molecule has 1 saturated heterocycles. The predicted molar refractivity (Wildman–Crippen MR) is 201 cm³/mol. The SMILES string of the molecule is Cc1cc(Nc2ncc(Cl)c(Nc3ccccc3S(=O)(=O)C(C)C)n2)c(OC(C)C)cc1C1CCN(C(=S)SCC(=O)NC(C)C)CC1. The molecule has 0 unspecified atom stereocenters. The summed E-state index contributed by atoms with van der Waals surface area (Å²) in [6.07, 6.45) is 3.25. The Morgan fingerprint density at radius 3 is 2.42 bits per heavy atom. The summed E-state index contributed by atoms with van der Waals surface area (Å²) in [5.41, 5.74) is 3.40. The number of thiocarbonyl (C=S) groups is 1. The summed E-state index contributed by atoms with van der Waals surface area (Å²) in [5, 5.41) is 8.95. The van der Waals surface area contributed by atoms with E-state index in [1.165, 1.54) is 23.5 Å². The van der Waals surface area contributed by atoms with Gasteiger partial charge in [-0.05, 0) is 103 Å². The van der Waals surface area contributed by atoms with E-state index in [0.717, 1.165) is 35.8 Å². The van der Waals surface area contributed by atoms with Gasteiger partial charge < -0.3 is 25.6 Å². The number of benzene rings is 2. The zero-order valence-electron chi connectivity index (χ0n) is 28.5. The third-order valence-electron chi connectivity index (χ3n) is 7.76. The molecule has 1 fully saturated rings. The van der Waals surface area contributed by atoms with Crippen molar-refractivity contribution in [2.45, 2.75) is 89.5 Å². The summed E-state index contributed by atoms with van der Waals surface area (Å²) in [6, 6.07) is 10.9. The van der Waals surface area contributed by atoms with E-state index in [9.17, 15) is 13.2 Å². The highest BCUT2D eigenvalue weighted by Gasteiger charge is 2.26. The molecule has 3 N–H and O–H groups in total. The van der Waals surface area contributed by atoms with Crippen LogP contribution in [0.25, 0.3) is 0 Å². The van der Waals surface area contributed by atoms with Crippen molar-refractivity contribution < 1.29 is 17.9 Å². The van der Waals surface area contributed by atoms with E-state index in [1.807, 2.05) is 33.8 Å². The normalized spacial score (nSPS) is 14.0. The van der Waals surface area contributed by atoms with E-state index >= 15 is 0 Å². The molecule has 0 saturated carbocycles. The summed E-state index contributed by atoms with van der Waals surface area (Å²) < 4.78 is 33.0. The Morgan fingerprint density at radius 1 is 1.08 bits per heavy atom. The number of hydrogen-bond donors (Lipinski definition) is 3. The van der Waals surface area contributed by atoms with Crippen LogP contribution in [0.15, 0.2) is 47.5 Å². The number of amides is 1. The monoisotopic (exact) mass is 732 g/mol. The van der Waals surface area contributed by atoms with Gasteiger partial charge in [-0.3, -0.25) is 4.79 Å². The second-order valence-electron chi connectivity index (χ2n) is 12.6. The molecule has 0 bridgehead atoms. The molecule has 10 nitrogen and oxygen atoms in total. The Bertz CT molecular complexity index is 1730. The molecule has 260 valence electrons. The number of carbonyl (C=O) groups excluding carboxylic acids is 1. The number of aryl methyl sites for hydroxylation is 1. The van der Waals surface area contributed by atoms with Crippen molar-refractivity contribution in [2.75, 3.05) is 29.5 Å². The number of para-hydroxylation sites is 1. The lowest BCUT2D eigenvalue weighted by Gasteiger charge is -2.34. The number of hydrogen-bond acceptors (Lipinski definition) is 10. The smallest absolute Gasteiger partial charge is 0.230 e. The van der Waals surface area contributed by atoms with E-state index in [2.05, 4.69) is 43.8 Å². The quantitative estimate of drug-likeness (QED) is 0.159. The second-order valence-corrected chi connectivity index (χ2v) is 17.1. The van der Waals surface area contributed by atoms with Crippen molar-refractivity contribution in [3.63, 3.8) is 0 Å². The molecule has 0 radical (unpaired) electrons. The Morgan fingerprint density at radius 2 is 1.77 bits per heavy atom. The zero-order chi connectivity index (χ0) is 35.2. The molecule has 2 heterocycles. The molecule has 3 aromatic rings. The number of anilines is 4. The van der Waals surface area contributed by atoms with Gasteiger partial charge in [0.05, 0.1) is 39.6 Å². The van der Waals surface area contributed by atoms with Gasteiger partial charge in [-0.1, -0.05) is 47.7 Å². The molecular formula is C34H45ClN6O4S3. The molecule has 1 aliphatic rings. The highest BCUT2D eigenvalue weighted by molar-refractivity contribution is 8.23. The number of rotatable bonds is 12. The van der Waals surface area contributed by atoms with Crippen LogP contribution in [0, 0.1) is 6.92 Å². The van der Waals surface area contributed by atoms with Crippen LogP contribution >= 0.6 is 35.6 Å². The molecule has 2 aromatic carbocycles. The van der Waals surface area contributed by atoms with Crippen LogP contribution in [0.3, 0.4) is 0 Å². The van der Waals surface area contributed by atoms with Crippen molar-refractivity contribution in [1.82, 2.24) is 20.2 Å². The van der Waals surface area contributed by atoms with Crippen LogP contribution in [-0.4, -0.2) is 69.8 Å². The van der Waals surface area contributed by atoms with Crippen LogP contribution in [0.5, 0.6) is 5.75 Å². The minimum Gasteiger partial charge on any atom is -0.489 e. The third kappa shape index (κ3) is 9.73. The molecule has 0 aliphatic carbocycles. The fraction of sp³-hybridized carbons (Fsp3) is 0.471. The maximum Gasteiger partial charge on any atom is 0.230 e. The first kappa shape index (κ1) is 37.7. The Labute approximate surface area is 299 Å². The largest absolute Gasteiger partial charge is 0.489 e. The Balaban J connectivity index is 1.51. The number of piperidine rings is 1. The van der Waals surface area contributed by atoms with E-state index in [-0.39, 0.29) is 39.7 Å². The van der Waals surface area contributed by atoms with Crippen molar-refractivity contribution in [2.24, 2.45) is 0 Å². The van der Waals surface area contributed by atoms with Crippen LogP contribution in [0.4, 0.5) is 23.1 Å². The van der Waals surface area contributed by atoms with E-state index in [0.29, 0.717) is 28.8 Å². The van der Waals surface area contributed by atoms with Gasteiger partial charge in [0.15, 0.2) is 15.7 Å². The third-order valence-corrected chi connectivity index (χ3v) is 11.8. The number of ether oxygens (including phenoxy) is 1. The number of sulfone groups is 1. The Hall–Kier alpha value is -3.13. The fourth-order valence-electron chi connectivity index (χ4n) is 5.38. The Kier molecular flexibility index (Phi) is 13.0. The van der Waals surface area contributed by atoms with E-state index in [1.54, 1.807) is 38.1 Å². The number of aromatic nitrogens is 2. The van der Waals surface area contributed by atoms with Gasteiger partial charge >= 0.3 is 0 Å². The van der Waals surface area contributed by atoms with Gasteiger partial charge in [0, 0.05) is 19.1 Å². The fourth-order valence-corrected chi connectivity index (χ4v) is 7.79. The van der Waals surface area contributed by atoms with Gasteiger partial charge in [-0.15, -0.1) is 0 Å². The maximum absolute atomic E-state index is 13.0. The zero-order valence-corrected chi connectivity index (χ0v) is 31.7. The number of nitrogens with zero attached hydrogens (tertiary/aromatic N) is 3. The van der Waals surface area contributed by atoms with Crippen molar-refractivity contribution in [3.05, 3.63) is 58.7 Å². The summed E-state index contributed by atoms with van der Waals surface area (Å²) in [7, 11) is -3.56. The first-order valence-corrected chi connectivity index (χ1v) is 19.4. The molecule has 0 atom stereocenters. The molecular weight excluding hydrogens is 688 g/mol. The molecule has 1 amide bonds. The minimum atomic E-state index is -3.56. The van der Waals surface area contributed by atoms with Gasteiger partial charge in [0.25, 0.3) is 0 Å². The van der Waals surface area contributed by atoms with Crippen LogP contribution in [0.1, 0.15) is 71.4 Å². The summed E-state index contributed by atoms with van der Waals surface area (Å²) in [4.78, 5) is 23.4. The lowest BCUT2D eigenvalue weighted by atomic mass is 9.86. The second kappa shape index (κ2) is 16.5. The molecule has 48 heavy (non-hydrogen) atoms. The van der Waals surface area contributed by atoms with Crippen molar-refractivity contribution >= 4 is 78.8 Å². The van der Waals surface area contributed by atoms with Crippen molar-refractivity contribution in [1.29, 1.82) is 0 Å². The number of halogens is 1. The summed E-state index contributed by atoms with van der Waals surface area (Å²) in [6.45, 7) is 14.9. The highest BCUT2D eigenvalue weighted by Crippen LogP contribution is 2.39. The minimum absolute atomic E-state index is 0.00634. The lowest BCUT2D eigenvalue weighted by Crippen LogP contribution is -2.37. The van der Waals surface area contributed by atoms with Crippen LogP contribution < -0.4 is 20.7 Å². The molecule has 0 spiro atoms. The number of nitrogens with one attached hydrogen (secondary N) is 3. The van der Waals surface area contributed by atoms with E-state index in [4.69, 9.17) is 28.6 Å². The summed E-state index contributed by atoms with van der Waals surface area (Å²) in [5.74, 6) is 1.86. The highest BCUT2D eigenvalue weighted by atomic mass is 35.5. The van der Waals surface area contributed by atoms with Gasteiger partial charge in [0.2, 0.25) is 11.9 Å². The van der Waals surface area contributed by atoms with Gasteiger partial charge in [0.1, 0.15) is 15.1 Å². The van der Waals surface area contributed by atoms with Gasteiger partial charge in [-0.25, -0.2) is 13.4 Å².